The van der Waals surface area contributed by atoms with Crippen molar-refractivity contribution < 1.29 is 9.26 Å². The zero-order valence-electron chi connectivity index (χ0n) is 11.5. The summed E-state index contributed by atoms with van der Waals surface area (Å²) >= 11 is 0. The average Bonchev–Trinajstić information content (AvgIpc) is 3.05. The van der Waals surface area contributed by atoms with Gasteiger partial charge in [-0.2, -0.15) is 4.98 Å². The largest absolute Gasteiger partial charge is 0.378 e. The van der Waals surface area contributed by atoms with Crippen LogP contribution in [0.3, 0.4) is 0 Å². The molecule has 0 spiro atoms. The van der Waals surface area contributed by atoms with Crippen molar-refractivity contribution in [2.24, 2.45) is 0 Å². The predicted molar refractivity (Wildman–Crippen MR) is 78.8 cm³/mol. The molecule has 21 heavy (non-hydrogen) atoms. The average molecular weight is 281 g/mol. The van der Waals surface area contributed by atoms with Gasteiger partial charge >= 0.3 is 0 Å². The third-order valence-electron chi connectivity index (χ3n) is 3.67. The maximum atomic E-state index is 5.42. The number of hydrogen-bond donors (Lipinski definition) is 1. The second-order valence-electron chi connectivity index (χ2n) is 5.10. The summed E-state index contributed by atoms with van der Waals surface area (Å²) in [4.78, 5) is 4.49. The molecule has 2 aromatic carbocycles. The number of nitrogens with one attached hydrogen (secondary N) is 1. The van der Waals surface area contributed by atoms with Crippen LogP contribution in [0.1, 0.15) is 11.9 Å². The number of rotatable bonds is 2. The third kappa shape index (κ3) is 2.41. The molecular formula is C16H15N3O2. The molecule has 0 aliphatic carbocycles. The summed E-state index contributed by atoms with van der Waals surface area (Å²) < 4.78 is 10.8. The smallest absolute Gasteiger partial charge is 0.246 e. The van der Waals surface area contributed by atoms with Crippen LogP contribution in [0.25, 0.3) is 22.2 Å². The fourth-order valence-corrected chi connectivity index (χ4v) is 2.55. The fourth-order valence-electron chi connectivity index (χ4n) is 2.55. The molecule has 1 aromatic heterocycles. The maximum absolute atomic E-state index is 5.42. The molecule has 1 aliphatic rings. The van der Waals surface area contributed by atoms with Crippen molar-refractivity contribution in [1.29, 1.82) is 0 Å². The molecule has 3 aromatic rings. The van der Waals surface area contributed by atoms with Crippen molar-refractivity contribution in [1.82, 2.24) is 15.5 Å². The zero-order chi connectivity index (χ0) is 14.1. The Morgan fingerprint density at radius 2 is 2.00 bits per heavy atom. The van der Waals surface area contributed by atoms with E-state index in [1.54, 1.807) is 0 Å². The highest BCUT2D eigenvalue weighted by Crippen LogP contribution is 2.24. The second-order valence-corrected chi connectivity index (χ2v) is 5.10. The summed E-state index contributed by atoms with van der Waals surface area (Å²) in [5, 5.41) is 9.76. The Kier molecular flexibility index (Phi) is 3.14. The highest BCUT2D eigenvalue weighted by molar-refractivity contribution is 5.86. The van der Waals surface area contributed by atoms with Crippen LogP contribution in [0.5, 0.6) is 0 Å². The van der Waals surface area contributed by atoms with Crippen LogP contribution in [-0.2, 0) is 4.74 Å². The van der Waals surface area contributed by atoms with Gasteiger partial charge < -0.3 is 14.6 Å². The van der Waals surface area contributed by atoms with E-state index in [4.69, 9.17) is 9.26 Å². The molecule has 1 aliphatic heterocycles. The number of ether oxygens (including phenoxy) is 1. The first-order valence-electron chi connectivity index (χ1n) is 7.04. The highest BCUT2D eigenvalue weighted by Gasteiger charge is 2.21. The van der Waals surface area contributed by atoms with Gasteiger partial charge in [-0.15, -0.1) is 0 Å². The van der Waals surface area contributed by atoms with Gasteiger partial charge in [0, 0.05) is 12.1 Å². The van der Waals surface area contributed by atoms with Crippen LogP contribution in [0.4, 0.5) is 0 Å². The summed E-state index contributed by atoms with van der Waals surface area (Å²) in [7, 11) is 0. The molecule has 1 saturated heterocycles. The van der Waals surface area contributed by atoms with Crippen molar-refractivity contribution >= 4 is 10.8 Å². The topological polar surface area (TPSA) is 60.2 Å². The van der Waals surface area contributed by atoms with Crippen LogP contribution in [0.15, 0.2) is 47.0 Å². The first-order chi connectivity index (χ1) is 10.4. The molecule has 1 fully saturated rings. The SMILES string of the molecule is c1ccc2cc(-c3noc(C4COCCN4)n3)ccc2c1. The molecule has 0 radical (unpaired) electrons. The Balaban J connectivity index is 1.67. The van der Waals surface area contributed by atoms with E-state index in [1.165, 1.54) is 10.8 Å². The number of fused-ring (bicyclic) bond motifs is 1. The minimum atomic E-state index is -0.0135. The van der Waals surface area contributed by atoms with E-state index in [0.717, 1.165) is 18.7 Å². The summed E-state index contributed by atoms with van der Waals surface area (Å²) in [6.07, 6.45) is 0. The lowest BCUT2D eigenvalue weighted by atomic mass is 10.1. The summed E-state index contributed by atoms with van der Waals surface area (Å²) in [6.45, 7) is 2.10. The molecule has 0 amide bonds. The molecule has 0 bridgehead atoms. The molecule has 106 valence electrons. The Labute approximate surface area is 121 Å². The van der Waals surface area contributed by atoms with Crippen LogP contribution >= 0.6 is 0 Å². The Morgan fingerprint density at radius 3 is 2.86 bits per heavy atom. The first-order valence-corrected chi connectivity index (χ1v) is 7.04. The minimum absolute atomic E-state index is 0.0135. The van der Waals surface area contributed by atoms with Crippen molar-refractivity contribution in [3.63, 3.8) is 0 Å². The fraction of sp³-hybridized carbons (Fsp3) is 0.250. The molecule has 0 saturated carbocycles. The normalized spacial score (nSPS) is 19.0. The van der Waals surface area contributed by atoms with E-state index in [-0.39, 0.29) is 6.04 Å². The number of benzene rings is 2. The number of nitrogens with zero attached hydrogens (tertiary/aromatic N) is 2. The van der Waals surface area contributed by atoms with Crippen molar-refractivity contribution in [2.45, 2.75) is 6.04 Å². The highest BCUT2D eigenvalue weighted by atomic mass is 16.5. The molecule has 5 heteroatoms. The monoisotopic (exact) mass is 281 g/mol. The maximum Gasteiger partial charge on any atom is 0.246 e. The van der Waals surface area contributed by atoms with Gasteiger partial charge in [0.2, 0.25) is 11.7 Å². The zero-order valence-corrected chi connectivity index (χ0v) is 11.5. The van der Waals surface area contributed by atoms with Crippen molar-refractivity contribution in [3.05, 3.63) is 48.4 Å². The quantitative estimate of drug-likeness (QED) is 0.782. The van der Waals surface area contributed by atoms with E-state index in [1.807, 2.05) is 18.2 Å². The standard InChI is InChI=1S/C16H15N3O2/c1-2-4-12-9-13(6-5-11(12)3-1)15-18-16(21-19-15)14-10-20-8-7-17-14/h1-6,9,14,17H,7-8,10H2. The van der Waals surface area contributed by atoms with Gasteiger partial charge in [0.1, 0.15) is 6.04 Å². The van der Waals surface area contributed by atoms with Crippen LogP contribution < -0.4 is 5.32 Å². The Bertz CT molecular complexity index is 763. The van der Waals surface area contributed by atoms with E-state index in [9.17, 15) is 0 Å². The van der Waals surface area contributed by atoms with Gasteiger partial charge in [-0.25, -0.2) is 0 Å². The van der Waals surface area contributed by atoms with E-state index in [0.29, 0.717) is 18.3 Å². The lowest BCUT2D eigenvalue weighted by Gasteiger charge is -2.20. The van der Waals surface area contributed by atoms with Crippen LogP contribution in [0.2, 0.25) is 0 Å². The van der Waals surface area contributed by atoms with Gasteiger partial charge in [-0.05, 0) is 16.8 Å². The lowest BCUT2D eigenvalue weighted by molar-refractivity contribution is 0.0659. The number of morpholine rings is 1. The minimum Gasteiger partial charge on any atom is -0.378 e. The number of aromatic nitrogens is 2. The van der Waals surface area contributed by atoms with Crippen LogP contribution in [-0.4, -0.2) is 29.9 Å². The molecule has 5 nitrogen and oxygen atoms in total. The summed E-state index contributed by atoms with van der Waals surface area (Å²) in [5.74, 6) is 1.20. The van der Waals surface area contributed by atoms with Crippen LogP contribution in [0, 0.1) is 0 Å². The number of hydrogen-bond acceptors (Lipinski definition) is 5. The van der Waals surface area contributed by atoms with Crippen molar-refractivity contribution in [2.75, 3.05) is 19.8 Å². The van der Waals surface area contributed by atoms with E-state index < -0.39 is 0 Å². The summed E-state index contributed by atoms with van der Waals surface area (Å²) in [5.41, 5.74) is 0.959. The molecule has 1 atom stereocenters. The van der Waals surface area contributed by atoms with E-state index in [2.05, 4.69) is 39.7 Å². The van der Waals surface area contributed by atoms with Gasteiger partial charge in [0.15, 0.2) is 0 Å². The van der Waals surface area contributed by atoms with Gasteiger partial charge in [0.25, 0.3) is 0 Å². The van der Waals surface area contributed by atoms with E-state index >= 15 is 0 Å². The lowest BCUT2D eigenvalue weighted by Crippen LogP contribution is -2.34. The van der Waals surface area contributed by atoms with Gasteiger partial charge in [-0.1, -0.05) is 41.6 Å². The third-order valence-corrected chi connectivity index (χ3v) is 3.67. The first kappa shape index (κ1) is 12.5. The molecule has 4 rings (SSSR count). The molecular weight excluding hydrogens is 266 g/mol. The molecule has 2 heterocycles. The molecule has 1 unspecified atom stereocenters. The Morgan fingerprint density at radius 1 is 1.10 bits per heavy atom. The van der Waals surface area contributed by atoms with Gasteiger partial charge in [0.05, 0.1) is 13.2 Å². The Hall–Kier alpha value is -2.24. The molecule has 1 N–H and O–H groups in total. The predicted octanol–water partition coefficient (Wildman–Crippen LogP) is 2.55. The van der Waals surface area contributed by atoms with Crippen molar-refractivity contribution in [3.8, 4) is 11.4 Å². The second kappa shape index (κ2) is 5.27. The summed E-state index contributed by atoms with van der Waals surface area (Å²) in [6, 6.07) is 14.4. The van der Waals surface area contributed by atoms with Gasteiger partial charge in [-0.3, -0.25) is 0 Å².